The monoisotopic (exact) mass is 422 g/mol. The lowest BCUT2D eigenvalue weighted by atomic mass is 10.2. The van der Waals surface area contributed by atoms with Crippen molar-refractivity contribution in [2.45, 2.75) is 17.5 Å². The first-order chi connectivity index (χ1) is 9.71. The summed E-state index contributed by atoms with van der Waals surface area (Å²) >= 11 is 2.94. The van der Waals surface area contributed by atoms with E-state index in [2.05, 4.69) is 21.2 Å². The van der Waals surface area contributed by atoms with E-state index in [1.54, 1.807) is 0 Å². The Morgan fingerprint density at radius 1 is 1.14 bits per heavy atom. The molecule has 0 saturated carbocycles. The molecular weight excluding hydrogens is 409 g/mol. The molecule has 22 heavy (non-hydrogen) atoms. The van der Waals surface area contributed by atoms with Crippen LogP contribution in [0.15, 0.2) is 27.6 Å². The zero-order chi connectivity index (χ0) is 15.7. The summed E-state index contributed by atoms with van der Waals surface area (Å²) in [7, 11) is -3.93. The van der Waals surface area contributed by atoms with Crippen LogP contribution in [0.5, 0.6) is 0 Å². The number of rotatable bonds is 2. The molecule has 1 saturated heterocycles. The van der Waals surface area contributed by atoms with Crippen molar-refractivity contribution in [2.24, 2.45) is 0 Å². The van der Waals surface area contributed by atoms with Crippen molar-refractivity contribution in [3.05, 3.63) is 28.2 Å². The maximum Gasteiger partial charge on any atom is 0.416 e. The van der Waals surface area contributed by atoms with Gasteiger partial charge in [-0.3, -0.25) is 0 Å². The van der Waals surface area contributed by atoms with Crippen LogP contribution in [0.1, 0.15) is 12.0 Å². The molecule has 0 aliphatic carbocycles. The third-order valence-corrected chi connectivity index (χ3v) is 5.47. The molecule has 0 aromatic heterocycles. The second kappa shape index (κ2) is 7.48. The second-order valence-corrected chi connectivity index (χ2v) is 7.53. The summed E-state index contributed by atoms with van der Waals surface area (Å²) in [5.74, 6) is 0. The molecule has 0 atom stereocenters. The van der Waals surface area contributed by atoms with Crippen LogP contribution < -0.4 is 5.32 Å². The molecule has 1 fully saturated rings. The Balaban J connectivity index is 0.00000242. The molecule has 0 radical (unpaired) electrons. The Labute approximate surface area is 141 Å². The molecular formula is C12H15BrClF3N2O2S. The van der Waals surface area contributed by atoms with Gasteiger partial charge >= 0.3 is 6.18 Å². The van der Waals surface area contributed by atoms with Gasteiger partial charge in [-0.05, 0) is 31.2 Å². The van der Waals surface area contributed by atoms with E-state index in [1.807, 2.05) is 0 Å². The topological polar surface area (TPSA) is 49.4 Å². The zero-order valence-electron chi connectivity index (χ0n) is 11.4. The lowest BCUT2D eigenvalue weighted by molar-refractivity contribution is -0.137. The largest absolute Gasteiger partial charge is 0.416 e. The Kier molecular flexibility index (Phi) is 6.70. The highest BCUT2D eigenvalue weighted by atomic mass is 79.9. The van der Waals surface area contributed by atoms with Gasteiger partial charge < -0.3 is 5.32 Å². The average molecular weight is 424 g/mol. The highest BCUT2D eigenvalue weighted by molar-refractivity contribution is 9.10. The zero-order valence-corrected chi connectivity index (χ0v) is 14.6. The number of hydrogen-bond donors (Lipinski definition) is 1. The first kappa shape index (κ1) is 19.7. The van der Waals surface area contributed by atoms with Crippen molar-refractivity contribution in [1.82, 2.24) is 9.62 Å². The lowest BCUT2D eigenvalue weighted by Crippen LogP contribution is -2.34. The molecule has 1 aromatic carbocycles. The molecule has 0 bridgehead atoms. The smallest absolute Gasteiger partial charge is 0.315 e. The number of nitrogens with zero attached hydrogens (tertiary/aromatic N) is 1. The fourth-order valence-corrected chi connectivity index (χ4v) is 4.28. The summed E-state index contributed by atoms with van der Waals surface area (Å²) in [6.45, 7) is 1.72. The van der Waals surface area contributed by atoms with Crippen LogP contribution in [-0.4, -0.2) is 38.9 Å². The third-order valence-electron chi connectivity index (χ3n) is 3.14. The van der Waals surface area contributed by atoms with Crippen molar-refractivity contribution in [2.75, 3.05) is 26.2 Å². The van der Waals surface area contributed by atoms with E-state index in [0.29, 0.717) is 32.1 Å². The van der Waals surface area contributed by atoms with Gasteiger partial charge in [0, 0.05) is 24.1 Å². The molecule has 0 unspecified atom stereocenters. The van der Waals surface area contributed by atoms with E-state index in [1.165, 1.54) is 10.4 Å². The minimum absolute atomic E-state index is 0. The third kappa shape index (κ3) is 4.58. The average Bonchev–Trinajstić information content (AvgIpc) is 2.66. The van der Waals surface area contributed by atoms with Crippen LogP contribution in [0.25, 0.3) is 0 Å². The summed E-state index contributed by atoms with van der Waals surface area (Å²) < 4.78 is 64.7. The molecule has 0 spiro atoms. The Morgan fingerprint density at radius 3 is 2.45 bits per heavy atom. The number of nitrogens with one attached hydrogen (secondary N) is 1. The van der Waals surface area contributed by atoms with Crippen molar-refractivity contribution in [1.29, 1.82) is 0 Å². The van der Waals surface area contributed by atoms with Gasteiger partial charge in [-0.1, -0.05) is 15.9 Å². The van der Waals surface area contributed by atoms with Gasteiger partial charge in [-0.2, -0.15) is 17.5 Å². The molecule has 1 heterocycles. The van der Waals surface area contributed by atoms with Crippen LogP contribution in [-0.2, 0) is 16.2 Å². The predicted octanol–water partition coefficient (Wildman–Crippen LogP) is 2.87. The first-order valence-electron chi connectivity index (χ1n) is 6.30. The van der Waals surface area contributed by atoms with Crippen LogP contribution in [0.4, 0.5) is 13.2 Å². The van der Waals surface area contributed by atoms with Gasteiger partial charge in [-0.25, -0.2) is 8.42 Å². The van der Waals surface area contributed by atoms with Gasteiger partial charge in [0.25, 0.3) is 0 Å². The second-order valence-electron chi connectivity index (χ2n) is 4.68. The molecule has 10 heteroatoms. The fourth-order valence-electron chi connectivity index (χ4n) is 2.09. The summed E-state index contributed by atoms with van der Waals surface area (Å²) in [4.78, 5) is -0.342. The van der Waals surface area contributed by atoms with Crippen LogP contribution >= 0.6 is 28.3 Å². The SMILES string of the molecule is Cl.O=S(=O)(c1cc(Br)cc(C(F)(F)F)c1)N1CCCNCC1. The van der Waals surface area contributed by atoms with E-state index in [4.69, 9.17) is 0 Å². The number of halogens is 5. The number of sulfonamides is 1. The van der Waals surface area contributed by atoms with Crippen LogP contribution in [0.2, 0.25) is 0 Å². The number of hydrogen-bond acceptors (Lipinski definition) is 3. The summed E-state index contributed by atoms with van der Waals surface area (Å²) in [5, 5.41) is 3.05. The molecule has 4 nitrogen and oxygen atoms in total. The predicted molar refractivity (Wildman–Crippen MR) is 82.6 cm³/mol. The van der Waals surface area contributed by atoms with E-state index >= 15 is 0 Å². The van der Waals surface area contributed by atoms with E-state index < -0.39 is 21.8 Å². The molecule has 1 aliphatic rings. The highest BCUT2D eigenvalue weighted by Crippen LogP contribution is 2.33. The van der Waals surface area contributed by atoms with Crippen LogP contribution in [0, 0.1) is 0 Å². The van der Waals surface area contributed by atoms with Crippen LogP contribution in [0.3, 0.4) is 0 Å². The van der Waals surface area contributed by atoms with Gasteiger partial charge in [0.05, 0.1) is 10.5 Å². The van der Waals surface area contributed by atoms with Crippen molar-refractivity contribution < 1.29 is 21.6 Å². The quantitative estimate of drug-likeness (QED) is 0.796. The standard InChI is InChI=1S/C12H14BrF3N2O2S.ClH/c13-10-6-9(12(14,15)16)7-11(8-10)21(19,20)18-4-1-2-17-3-5-18;/h6-8,17H,1-5H2;1H. The molecule has 0 amide bonds. The Morgan fingerprint density at radius 2 is 1.82 bits per heavy atom. The number of alkyl halides is 3. The highest BCUT2D eigenvalue weighted by Gasteiger charge is 2.33. The van der Waals surface area contributed by atoms with Gasteiger partial charge in [0.15, 0.2) is 0 Å². The molecule has 1 aromatic rings. The maximum atomic E-state index is 12.8. The summed E-state index contributed by atoms with van der Waals surface area (Å²) in [6.07, 6.45) is -3.96. The lowest BCUT2D eigenvalue weighted by Gasteiger charge is -2.20. The fraction of sp³-hybridized carbons (Fsp3) is 0.500. The van der Waals surface area contributed by atoms with Gasteiger partial charge in [-0.15, -0.1) is 12.4 Å². The van der Waals surface area contributed by atoms with Crippen molar-refractivity contribution in [3.63, 3.8) is 0 Å². The summed E-state index contributed by atoms with van der Waals surface area (Å²) in [5.41, 5.74) is -0.983. The molecule has 1 aliphatic heterocycles. The van der Waals surface area contributed by atoms with Gasteiger partial charge in [0.1, 0.15) is 0 Å². The molecule has 126 valence electrons. The van der Waals surface area contributed by atoms with E-state index in [9.17, 15) is 21.6 Å². The minimum Gasteiger partial charge on any atom is -0.315 e. The maximum absolute atomic E-state index is 12.8. The first-order valence-corrected chi connectivity index (χ1v) is 8.53. The molecule has 1 N–H and O–H groups in total. The minimum atomic E-state index is -4.59. The Hall–Kier alpha value is -0.350. The van der Waals surface area contributed by atoms with Gasteiger partial charge in [0.2, 0.25) is 10.0 Å². The Bertz CT molecular complexity index is 617. The van der Waals surface area contributed by atoms with Crippen molar-refractivity contribution >= 4 is 38.4 Å². The number of benzene rings is 1. The van der Waals surface area contributed by atoms with E-state index in [-0.39, 0.29) is 28.3 Å². The summed E-state index contributed by atoms with van der Waals surface area (Å²) in [6, 6.07) is 2.74. The molecule has 2 rings (SSSR count). The van der Waals surface area contributed by atoms with Crippen molar-refractivity contribution in [3.8, 4) is 0 Å². The van der Waals surface area contributed by atoms with E-state index in [0.717, 1.165) is 6.07 Å². The normalized spacial score (nSPS) is 17.6.